The Morgan fingerprint density at radius 2 is 2.36 bits per heavy atom. The summed E-state index contributed by atoms with van der Waals surface area (Å²) in [6.45, 7) is 3.91. The zero-order valence-electron chi connectivity index (χ0n) is 7.05. The van der Waals surface area contributed by atoms with Crippen molar-refractivity contribution in [2.24, 2.45) is 11.3 Å². The van der Waals surface area contributed by atoms with Crippen LogP contribution < -0.4 is 0 Å². The predicted octanol–water partition coefficient (Wildman–Crippen LogP) is 1.91. The Morgan fingerprint density at radius 3 is 2.82 bits per heavy atom. The lowest BCUT2D eigenvalue weighted by Crippen LogP contribution is -2.28. The molecular weight excluding hydrogens is 138 g/mol. The van der Waals surface area contributed by atoms with Crippen molar-refractivity contribution in [1.82, 2.24) is 0 Å². The van der Waals surface area contributed by atoms with Gasteiger partial charge in [0.2, 0.25) is 0 Å². The molecule has 0 radical (unpaired) electrons. The monoisotopic (exact) mass is 151 g/mol. The maximum Gasteiger partial charge on any atom is 0.134 e. The van der Waals surface area contributed by atoms with Gasteiger partial charge in [-0.2, -0.15) is 5.26 Å². The van der Waals surface area contributed by atoms with Gasteiger partial charge in [0.25, 0.3) is 0 Å². The van der Waals surface area contributed by atoms with Crippen molar-refractivity contribution in [3.05, 3.63) is 0 Å². The van der Waals surface area contributed by atoms with E-state index in [0.29, 0.717) is 18.8 Å². The van der Waals surface area contributed by atoms with E-state index in [1.807, 2.05) is 13.8 Å². The highest BCUT2D eigenvalue weighted by molar-refractivity contribution is 5.80. The third kappa shape index (κ3) is 1.80. The highest BCUT2D eigenvalue weighted by atomic mass is 16.1. The van der Waals surface area contributed by atoms with Crippen LogP contribution in [0.2, 0.25) is 0 Å². The zero-order chi connectivity index (χ0) is 8.48. The van der Waals surface area contributed by atoms with Crippen molar-refractivity contribution in [2.75, 3.05) is 0 Å². The summed E-state index contributed by atoms with van der Waals surface area (Å²) in [7, 11) is 0. The number of carbonyl (C=O) groups excluding carboxylic acids is 1. The second-order valence-corrected chi connectivity index (χ2v) is 3.90. The number of rotatable bonds is 0. The lowest BCUT2D eigenvalue weighted by Gasteiger charge is -2.29. The molecule has 0 bridgehead atoms. The van der Waals surface area contributed by atoms with Crippen LogP contribution in [0.5, 0.6) is 0 Å². The van der Waals surface area contributed by atoms with Crippen LogP contribution in [0.1, 0.15) is 33.1 Å². The first-order chi connectivity index (χ1) is 5.06. The summed E-state index contributed by atoms with van der Waals surface area (Å²) in [6, 6.07) is 2.22. The molecule has 1 fully saturated rings. The number of ketones is 1. The van der Waals surface area contributed by atoms with Gasteiger partial charge in [-0.05, 0) is 19.3 Å². The Hall–Kier alpha value is -0.840. The van der Waals surface area contributed by atoms with E-state index in [4.69, 9.17) is 5.26 Å². The fourth-order valence-corrected chi connectivity index (χ4v) is 1.89. The van der Waals surface area contributed by atoms with Crippen LogP contribution in [-0.2, 0) is 4.79 Å². The SMILES string of the molecule is CC1CC(=O)CC(C)(C#N)C1. The van der Waals surface area contributed by atoms with E-state index in [1.54, 1.807) is 0 Å². The molecular formula is C9H13NO. The molecule has 0 aromatic heterocycles. The summed E-state index contributed by atoms with van der Waals surface area (Å²) in [4.78, 5) is 11.1. The molecule has 0 aliphatic heterocycles. The fraction of sp³-hybridized carbons (Fsp3) is 0.778. The molecule has 2 unspecified atom stereocenters. The first-order valence-electron chi connectivity index (χ1n) is 3.99. The Morgan fingerprint density at radius 1 is 1.73 bits per heavy atom. The van der Waals surface area contributed by atoms with Crippen LogP contribution in [0, 0.1) is 22.7 Å². The molecule has 1 rings (SSSR count). The summed E-state index contributed by atoms with van der Waals surface area (Å²) in [6.07, 6.45) is 1.99. The summed E-state index contributed by atoms with van der Waals surface area (Å²) < 4.78 is 0. The van der Waals surface area contributed by atoms with E-state index in [1.165, 1.54) is 0 Å². The Labute approximate surface area is 67.2 Å². The molecule has 2 heteroatoms. The number of carbonyl (C=O) groups is 1. The van der Waals surface area contributed by atoms with E-state index in [9.17, 15) is 4.79 Å². The predicted molar refractivity (Wildman–Crippen MR) is 41.7 cm³/mol. The van der Waals surface area contributed by atoms with Crippen LogP contribution in [0.15, 0.2) is 0 Å². The highest BCUT2D eigenvalue weighted by Crippen LogP contribution is 2.36. The number of Topliss-reactive ketones (excluding diaryl/α,β-unsaturated/α-hetero) is 1. The smallest absolute Gasteiger partial charge is 0.134 e. The average molecular weight is 151 g/mol. The Balaban J connectivity index is 2.72. The molecule has 1 aliphatic carbocycles. The quantitative estimate of drug-likeness (QED) is 0.530. The molecule has 0 heterocycles. The minimum atomic E-state index is -0.380. The normalized spacial score (nSPS) is 38.3. The summed E-state index contributed by atoms with van der Waals surface area (Å²) in [5.74, 6) is 0.633. The van der Waals surface area contributed by atoms with Gasteiger partial charge in [-0.25, -0.2) is 0 Å². The van der Waals surface area contributed by atoms with Crippen molar-refractivity contribution >= 4 is 5.78 Å². The molecule has 0 spiro atoms. The molecule has 11 heavy (non-hydrogen) atoms. The van der Waals surface area contributed by atoms with Gasteiger partial charge in [0.15, 0.2) is 0 Å². The third-order valence-electron chi connectivity index (χ3n) is 2.23. The molecule has 60 valence electrons. The second-order valence-electron chi connectivity index (χ2n) is 3.90. The summed E-state index contributed by atoms with van der Waals surface area (Å²) in [5, 5.41) is 8.78. The number of nitriles is 1. The van der Waals surface area contributed by atoms with Gasteiger partial charge < -0.3 is 0 Å². The molecule has 0 saturated heterocycles. The molecule has 0 aromatic rings. The molecule has 2 atom stereocenters. The van der Waals surface area contributed by atoms with E-state index in [2.05, 4.69) is 6.07 Å². The van der Waals surface area contributed by atoms with Crippen LogP contribution in [0.3, 0.4) is 0 Å². The number of hydrogen-bond donors (Lipinski definition) is 0. The van der Waals surface area contributed by atoms with Crippen LogP contribution in [0.25, 0.3) is 0 Å². The molecule has 0 amide bonds. The Kier molecular flexibility index (Phi) is 1.99. The molecule has 1 saturated carbocycles. The third-order valence-corrected chi connectivity index (χ3v) is 2.23. The minimum Gasteiger partial charge on any atom is -0.300 e. The molecule has 1 aliphatic rings. The minimum absolute atomic E-state index is 0.243. The van der Waals surface area contributed by atoms with Gasteiger partial charge >= 0.3 is 0 Å². The van der Waals surface area contributed by atoms with Gasteiger partial charge in [0.05, 0.1) is 11.5 Å². The van der Waals surface area contributed by atoms with Crippen molar-refractivity contribution < 1.29 is 4.79 Å². The van der Waals surface area contributed by atoms with Gasteiger partial charge in [0.1, 0.15) is 5.78 Å². The lowest BCUT2D eigenvalue weighted by atomic mass is 9.72. The lowest BCUT2D eigenvalue weighted by molar-refractivity contribution is -0.123. The van der Waals surface area contributed by atoms with Crippen molar-refractivity contribution in [1.29, 1.82) is 5.26 Å². The van der Waals surface area contributed by atoms with Gasteiger partial charge in [-0.1, -0.05) is 6.92 Å². The Bertz CT molecular complexity index is 216. The largest absolute Gasteiger partial charge is 0.300 e. The van der Waals surface area contributed by atoms with E-state index in [-0.39, 0.29) is 11.2 Å². The van der Waals surface area contributed by atoms with Gasteiger partial charge in [-0.3, -0.25) is 4.79 Å². The van der Waals surface area contributed by atoms with Crippen molar-refractivity contribution in [2.45, 2.75) is 33.1 Å². The average Bonchev–Trinajstić information content (AvgIpc) is 1.84. The van der Waals surface area contributed by atoms with E-state index >= 15 is 0 Å². The molecule has 0 aromatic carbocycles. The van der Waals surface area contributed by atoms with Crippen molar-refractivity contribution in [3.63, 3.8) is 0 Å². The van der Waals surface area contributed by atoms with Gasteiger partial charge in [0, 0.05) is 12.8 Å². The van der Waals surface area contributed by atoms with Crippen LogP contribution in [0.4, 0.5) is 0 Å². The standard InChI is InChI=1S/C9H13NO/c1-7-3-8(11)5-9(2,4-7)6-10/h7H,3-5H2,1-2H3. The maximum absolute atomic E-state index is 11.1. The van der Waals surface area contributed by atoms with Crippen molar-refractivity contribution in [3.8, 4) is 6.07 Å². The first-order valence-corrected chi connectivity index (χ1v) is 3.99. The number of nitrogens with zero attached hydrogens (tertiary/aromatic N) is 1. The number of hydrogen-bond acceptors (Lipinski definition) is 2. The first kappa shape index (κ1) is 8.26. The molecule has 0 N–H and O–H groups in total. The zero-order valence-corrected chi connectivity index (χ0v) is 7.05. The molecule has 2 nitrogen and oxygen atoms in total. The van der Waals surface area contributed by atoms with E-state index < -0.39 is 0 Å². The summed E-state index contributed by atoms with van der Waals surface area (Å²) in [5.41, 5.74) is -0.380. The second kappa shape index (κ2) is 2.65. The maximum atomic E-state index is 11.1. The van der Waals surface area contributed by atoms with Crippen LogP contribution >= 0.6 is 0 Å². The topological polar surface area (TPSA) is 40.9 Å². The van der Waals surface area contributed by atoms with E-state index in [0.717, 1.165) is 6.42 Å². The van der Waals surface area contributed by atoms with Gasteiger partial charge in [-0.15, -0.1) is 0 Å². The van der Waals surface area contributed by atoms with Crippen LogP contribution in [-0.4, -0.2) is 5.78 Å². The fourth-order valence-electron chi connectivity index (χ4n) is 1.89. The summed E-state index contributed by atoms with van der Waals surface area (Å²) >= 11 is 0. The highest BCUT2D eigenvalue weighted by Gasteiger charge is 2.34.